The van der Waals surface area contributed by atoms with Crippen LogP contribution in [0.3, 0.4) is 0 Å². The molecule has 0 N–H and O–H groups in total. The Hall–Kier alpha value is -2.02. The largest absolute Gasteiger partial charge is 0.455 e. The second-order valence-corrected chi connectivity index (χ2v) is 6.84. The third-order valence-corrected chi connectivity index (χ3v) is 4.59. The van der Waals surface area contributed by atoms with Crippen molar-refractivity contribution in [3.63, 3.8) is 0 Å². The van der Waals surface area contributed by atoms with E-state index in [9.17, 15) is 4.79 Å². The first-order valence-electron chi connectivity index (χ1n) is 7.23. The Bertz CT molecular complexity index is 851. The number of hydrogen-bond acceptors (Lipinski definition) is 6. The van der Waals surface area contributed by atoms with Crippen molar-refractivity contribution in [1.82, 2.24) is 10.1 Å². The zero-order valence-electron chi connectivity index (χ0n) is 12.8. The summed E-state index contributed by atoms with van der Waals surface area (Å²) >= 11 is 13.0. The number of hydrogen-bond donors (Lipinski definition) is 0. The molecular weight excluding hydrogens is 383 g/mol. The highest BCUT2D eigenvalue weighted by atomic mass is 35.5. The van der Waals surface area contributed by atoms with Crippen LogP contribution in [0.4, 0.5) is 0 Å². The number of halogens is 2. The van der Waals surface area contributed by atoms with Crippen molar-refractivity contribution in [3.8, 4) is 11.4 Å². The quantitative estimate of drug-likeness (QED) is 0.438. The van der Waals surface area contributed by atoms with E-state index < -0.39 is 0 Å². The average molecular weight is 395 g/mol. The molecule has 128 valence electrons. The van der Waals surface area contributed by atoms with E-state index in [4.69, 9.17) is 32.5 Å². The molecule has 0 fully saturated rings. The number of benzene rings is 2. The van der Waals surface area contributed by atoms with Gasteiger partial charge in [-0.25, -0.2) is 0 Å². The number of nitrogens with zero attached hydrogens (tertiary/aromatic N) is 2. The summed E-state index contributed by atoms with van der Waals surface area (Å²) < 4.78 is 10.2. The molecule has 8 heteroatoms. The Labute approximate surface area is 158 Å². The zero-order valence-corrected chi connectivity index (χ0v) is 15.1. The van der Waals surface area contributed by atoms with Crippen molar-refractivity contribution in [3.05, 3.63) is 64.5 Å². The molecule has 0 atom stereocenters. The molecule has 0 aliphatic heterocycles. The van der Waals surface area contributed by atoms with Gasteiger partial charge in [-0.3, -0.25) is 4.79 Å². The lowest BCUT2D eigenvalue weighted by Gasteiger charge is -2.02. The molecule has 0 saturated heterocycles. The number of esters is 1. The minimum atomic E-state index is -0.369. The first-order chi connectivity index (χ1) is 12.1. The van der Waals surface area contributed by atoms with Crippen LogP contribution in [0.15, 0.2) is 57.9 Å². The maximum absolute atomic E-state index is 11.8. The summed E-state index contributed by atoms with van der Waals surface area (Å²) in [5, 5.41) is 5.13. The van der Waals surface area contributed by atoms with Crippen molar-refractivity contribution in [2.45, 2.75) is 11.5 Å². The molecule has 0 radical (unpaired) electrons. The molecule has 5 nitrogen and oxygen atoms in total. The summed E-state index contributed by atoms with van der Waals surface area (Å²) in [7, 11) is 0. The van der Waals surface area contributed by atoms with Crippen molar-refractivity contribution in [1.29, 1.82) is 0 Å². The monoisotopic (exact) mass is 394 g/mol. The summed E-state index contributed by atoms with van der Waals surface area (Å²) in [6, 6.07) is 14.3. The molecule has 0 aliphatic rings. The smallest absolute Gasteiger partial charge is 0.316 e. The van der Waals surface area contributed by atoms with Gasteiger partial charge in [-0.1, -0.05) is 28.4 Å². The highest BCUT2D eigenvalue weighted by Crippen LogP contribution is 2.21. The van der Waals surface area contributed by atoms with E-state index in [-0.39, 0.29) is 24.2 Å². The summed E-state index contributed by atoms with van der Waals surface area (Å²) in [6.45, 7) is -0.0688. The summed E-state index contributed by atoms with van der Waals surface area (Å²) in [6.07, 6.45) is 0. The number of aromatic nitrogens is 2. The highest BCUT2D eigenvalue weighted by Gasteiger charge is 2.11. The lowest BCUT2D eigenvalue weighted by molar-refractivity contribution is -0.142. The number of ether oxygens (including phenoxy) is 1. The molecule has 3 rings (SSSR count). The third kappa shape index (κ3) is 5.22. The zero-order chi connectivity index (χ0) is 17.6. The van der Waals surface area contributed by atoms with Gasteiger partial charge in [0.15, 0.2) is 6.61 Å². The molecule has 0 bridgehead atoms. The van der Waals surface area contributed by atoms with Crippen molar-refractivity contribution < 1.29 is 14.1 Å². The lowest BCUT2D eigenvalue weighted by atomic mass is 10.2. The van der Waals surface area contributed by atoms with Crippen LogP contribution in [0.5, 0.6) is 0 Å². The van der Waals surface area contributed by atoms with Gasteiger partial charge in [0, 0.05) is 20.5 Å². The fraction of sp³-hybridized carbons (Fsp3) is 0.118. The predicted octanol–water partition coefficient (Wildman–Crippen LogP) is 4.88. The fourth-order valence-electron chi connectivity index (χ4n) is 1.89. The summed E-state index contributed by atoms with van der Waals surface area (Å²) in [5.74, 6) is 0.457. The molecule has 2 aromatic carbocycles. The third-order valence-electron chi connectivity index (χ3n) is 3.10. The van der Waals surface area contributed by atoms with E-state index in [2.05, 4.69) is 10.1 Å². The topological polar surface area (TPSA) is 65.2 Å². The average Bonchev–Trinajstić information content (AvgIpc) is 3.09. The van der Waals surface area contributed by atoms with E-state index in [0.717, 1.165) is 10.5 Å². The second kappa shape index (κ2) is 8.38. The van der Waals surface area contributed by atoms with Gasteiger partial charge in [0.05, 0.1) is 5.75 Å². The summed E-state index contributed by atoms with van der Waals surface area (Å²) in [5.41, 5.74) is 0.768. The number of carbonyl (C=O) groups excluding carboxylic acids is 1. The minimum Gasteiger partial charge on any atom is -0.455 e. The van der Waals surface area contributed by atoms with Crippen molar-refractivity contribution in [2.75, 3.05) is 5.75 Å². The molecule has 0 unspecified atom stereocenters. The maximum atomic E-state index is 11.8. The van der Waals surface area contributed by atoms with Crippen LogP contribution < -0.4 is 0 Å². The molecule has 3 aromatic rings. The number of rotatable bonds is 6. The number of carbonyl (C=O) groups is 1. The Kier molecular flexibility index (Phi) is 5.96. The van der Waals surface area contributed by atoms with E-state index in [0.29, 0.717) is 15.9 Å². The van der Waals surface area contributed by atoms with E-state index in [1.165, 1.54) is 11.8 Å². The van der Waals surface area contributed by atoms with Crippen LogP contribution in [0, 0.1) is 0 Å². The van der Waals surface area contributed by atoms with Crippen LogP contribution in [-0.4, -0.2) is 21.9 Å². The molecule has 1 heterocycles. The molecule has 0 spiro atoms. The van der Waals surface area contributed by atoms with Gasteiger partial charge in [-0.15, -0.1) is 11.8 Å². The molecule has 1 aromatic heterocycles. The first-order valence-corrected chi connectivity index (χ1v) is 8.97. The van der Waals surface area contributed by atoms with Gasteiger partial charge >= 0.3 is 5.97 Å². The van der Waals surface area contributed by atoms with Gasteiger partial charge < -0.3 is 9.26 Å². The van der Waals surface area contributed by atoms with Crippen LogP contribution >= 0.6 is 35.0 Å². The molecule has 0 amide bonds. The Balaban J connectivity index is 1.49. The van der Waals surface area contributed by atoms with Gasteiger partial charge in [-0.2, -0.15) is 4.98 Å². The van der Waals surface area contributed by atoms with E-state index in [1.807, 2.05) is 12.1 Å². The van der Waals surface area contributed by atoms with Gasteiger partial charge in [-0.05, 0) is 48.5 Å². The Morgan fingerprint density at radius 3 is 2.36 bits per heavy atom. The first kappa shape index (κ1) is 17.8. The predicted molar refractivity (Wildman–Crippen MR) is 96.7 cm³/mol. The minimum absolute atomic E-state index is 0.0688. The fourth-order valence-corrected chi connectivity index (χ4v) is 2.84. The van der Waals surface area contributed by atoms with Crippen LogP contribution in [0.1, 0.15) is 5.89 Å². The Morgan fingerprint density at radius 1 is 1.04 bits per heavy atom. The van der Waals surface area contributed by atoms with Crippen molar-refractivity contribution >= 4 is 40.9 Å². The molecule has 0 aliphatic carbocycles. The highest BCUT2D eigenvalue weighted by molar-refractivity contribution is 8.00. The Morgan fingerprint density at radius 2 is 1.68 bits per heavy atom. The normalized spacial score (nSPS) is 10.6. The SMILES string of the molecule is O=C(CSc1ccc(Cl)cc1)OCc1nc(-c2ccc(Cl)cc2)no1. The van der Waals surface area contributed by atoms with Crippen LogP contribution in [-0.2, 0) is 16.1 Å². The van der Waals surface area contributed by atoms with Gasteiger partial charge in [0.1, 0.15) is 0 Å². The standard InChI is InChI=1S/C17H12Cl2N2O3S/c18-12-3-1-11(2-4-12)17-20-15(24-21-17)9-23-16(22)10-25-14-7-5-13(19)6-8-14/h1-8H,9-10H2. The second-order valence-electron chi connectivity index (χ2n) is 4.92. The molecule has 25 heavy (non-hydrogen) atoms. The number of thioether (sulfide) groups is 1. The van der Waals surface area contributed by atoms with Crippen molar-refractivity contribution in [2.24, 2.45) is 0 Å². The van der Waals surface area contributed by atoms with Gasteiger partial charge in [0.25, 0.3) is 5.89 Å². The summed E-state index contributed by atoms with van der Waals surface area (Å²) in [4.78, 5) is 16.9. The molecule has 0 saturated carbocycles. The van der Waals surface area contributed by atoms with Crippen LogP contribution in [0.25, 0.3) is 11.4 Å². The van der Waals surface area contributed by atoms with E-state index >= 15 is 0 Å². The van der Waals surface area contributed by atoms with Gasteiger partial charge in [0.2, 0.25) is 5.82 Å². The van der Waals surface area contributed by atoms with E-state index in [1.54, 1.807) is 36.4 Å². The maximum Gasteiger partial charge on any atom is 0.316 e. The van der Waals surface area contributed by atoms with Crippen LogP contribution in [0.2, 0.25) is 10.0 Å². The lowest BCUT2D eigenvalue weighted by Crippen LogP contribution is -2.07. The molecular formula is C17H12Cl2N2O3S.